The zero-order valence-corrected chi connectivity index (χ0v) is 35.7. The number of nitrogens with zero attached hydrogens (tertiary/aromatic N) is 1. The molecule has 6 rings (SSSR count). The Kier molecular flexibility index (Phi) is 14.9. The topological polar surface area (TPSA) is 226 Å². The molecule has 17 heteroatoms. The van der Waals surface area contributed by atoms with Gasteiger partial charge in [-0.1, -0.05) is 84.1 Å². The number of ketones is 1. The van der Waals surface area contributed by atoms with Crippen LogP contribution in [0.2, 0.25) is 0 Å². The summed E-state index contributed by atoms with van der Waals surface area (Å²) in [7, 11) is -7.68. The summed E-state index contributed by atoms with van der Waals surface area (Å²) in [5.41, 5.74) is 5.24. The first-order valence-corrected chi connectivity index (χ1v) is 22.4. The van der Waals surface area contributed by atoms with Gasteiger partial charge in [0.1, 0.15) is 0 Å². The predicted octanol–water partition coefficient (Wildman–Crippen LogP) is 7.87. The number of hydrogen-bond donors (Lipinski definition) is 5. The highest BCUT2D eigenvalue weighted by atomic mass is 32.2. The van der Waals surface area contributed by atoms with Crippen molar-refractivity contribution in [3.63, 3.8) is 0 Å². The molecule has 0 aliphatic carbocycles. The summed E-state index contributed by atoms with van der Waals surface area (Å²) in [6.07, 6.45) is 2.14. The molecule has 0 aliphatic heterocycles. The third-order valence-electron chi connectivity index (χ3n) is 9.07. The second kappa shape index (κ2) is 20.0. The van der Waals surface area contributed by atoms with E-state index < -0.39 is 32.0 Å². The van der Waals surface area contributed by atoms with Crippen LogP contribution in [-0.4, -0.2) is 55.7 Å². The first-order chi connectivity index (χ1) is 28.9. The van der Waals surface area contributed by atoms with Crippen LogP contribution in [0.1, 0.15) is 72.9 Å². The van der Waals surface area contributed by atoms with Gasteiger partial charge in [-0.05, 0) is 110 Å². The number of nitrogens with one attached hydrogen (secondary N) is 3. The highest BCUT2D eigenvalue weighted by Crippen LogP contribution is 2.29. The third-order valence-corrected chi connectivity index (χ3v) is 13.5. The number of amides is 1. The van der Waals surface area contributed by atoms with Gasteiger partial charge in [-0.3, -0.25) is 19.0 Å². The zero-order chi connectivity index (χ0) is 44.3. The van der Waals surface area contributed by atoms with Crippen molar-refractivity contribution >= 4 is 71.5 Å². The standard InChI is InChI=1S/C23H21NO5S.C21H21N3O5S2/c1-16(25)18-11-13-21(14-12-18)30(28,29)24-20-7-4-5-17(15-20)9-10-19-6-2-3-8-22(19)23(26)27;1-13-20(30-21(22-13)23-14(2)25)31(28,29)24-17-8-5-6-15(12-17)10-11-16-7-3-4-9-18(16)19(26)27/h2-8,11-15,24H,9-10H2,1H3,(H,26,27);3-9,12,24H,10-11H2,1-2H3,(H,26,27)(H,22,23,25). The number of carbonyl (C=O) groups is 4. The van der Waals surface area contributed by atoms with E-state index in [1.165, 1.54) is 38.1 Å². The van der Waals surface area contributed by atoms with Gasteiger partial charge >= 0.3 is 11.9 Å². The number of rotatable bonds is 16. The van der Waals surface area contributed by atoms with Crippen LogP contribution in [0.15, 0.2) is 130 Å². The molecule has 1 heterocycles. The van der Waals surface area contributed by atoms with E-state index in [-0.39, 0.29) is 37.1 Å². The molecule has 0 atom stereocenters. The molecule has 0 spiro atoms. The van der Waals surface area contributed by atoms with Crippen LogP contribution in [0, 0.1) is 6.92 Å². The molecule has 61 heavy (non-hydrogen) atoms. The van der Waals surface area contributed by atoms with Crippen molar-refractivity contribution in [2.75, 3.05) is 14.8 Å². The number of anilines is 3. The quantitative estimate of drug-likeness (QED) is 0.0588. The number of thiazole rings is 1. The number of aromatic nitrogens is 1. The smallest absolute Gasteiger partial charge is 0.335 e. The molecule has 6 aromatic rings. The van der Waals surface area contributed by atoms with Crippen molar-refractivity contribution in [3.8, 4) is 0 Å². The molecule has 0 unspecified atom stereocenters. The summed E-state index contributed by atoms with van der Waals surface area (Å²) >= 11 is 0.881. The normalized spacial score (nSPS) is 11.1. The molecule has 5 N–H and O–H groups in total. The fraction of sp³-hybridized carbons (Fsp3) is 0.159. The molecule has 0 radical (unpaired) electrons. The maximum atomic E-state index is 12.8. The Hall–Kier alpha value is -6.69. The van der Waals surface area contributed by atoms with E-state index in [0.717, 1.165) is 28.0 Å². The number of carbonyl (C=O) groups excluding carboxylic acids is 2. The van der Waals surface area contributed by atoms with Gasteiger partial charge in [0.25, 0.3) is 20.0 Å². The second-order valence-electron chi connectivity index (χ2n) is 13.7. The maximum Gasteiger partial charge on any atom is 0.335 e. The highest BCUT2D eigenvalue weighted by molar-refractivity contribution is 7.94. The van der Waals surface area contributed by atoms with Crippen molar-refractivity contribution in [3.05, 3.63) is 166 Å². The Balaban J connectivity index is 0.000000231. The highest BCUT2D eigenvalue weighted by Gasteiger charge is 2.23. The molecule has 0 fully saturated rings. The Morgan fingerprint density at radius 1 is 0.607 bits per heavy atom. The van der Waals surface area contributed by atoms with E-state index in [4.69, 9.17) is 0 Å². The van der Waals surface area contributed by atoms with Crippen LogP contribution in [-0.2, 0) is 50.5 Å². The summed E-state index contributed by atoms with van der Waals surface area (Å²) in [5.74, 6) is -2.41. The number of sulfonamides is 2. The molecular weight excluding hydrogens is 841 g/mol. The minimum Gasteiger partial charge on any atom is -0.478 e. The molecule has 0 saturated heterocycles. The average molecular weight is 883 g/mol. The van der Waals surface area contributed by atoms with Gasteiger partial charge in [-0.25, -0.2) is 31.4 Å². The lowest BCUT2D eigenvalue weighted by Gasteiger charge is -2.11. The SMILES string of the molecule is CC(=O)Nc1nc(C)c(S(=O)(=O)Nc2cccc(CCc3ccccc3C(=O)O)c2)s1.CC(=O)c1ccc(S(=O)(=O)Nc2cccc(CCc3ccccc3C(=O)O)c2)cc1. The van der Waals surface area contributed by atoms with E-state index in [2.05, 4.69) is 19.7 Å². The van der Waals surface area contributed by atoms with Crippen LogP contribution in [0.25, 0.3) is 0 Å². The number of carboxylic acid groups (broad SMARTS) is 2. The van der Waals surface area contributed by atoms with Gasteiger partial charge in [-0.2, -0.15) is 0 Å². The molecule has 5 aromatic carbocycles. The molecule has 0 aliphatic rings. The monoisotopic (exact) mass is 882 g/mol. The molecular formula is C44H42N4O10S3. The fourth-order valence-electron chi connectivity index (χ4n) is 6.15. The van der Waals surface area contributed by atoms with Gasteiger partial charge in [0.15, 0.2) is 15.1 Å². The largest absolute Gasteiger partial charge is 0.478 e. The Morgan fingerprint density at radius 3 is 1.54 bits per heavy atom. The summed E-state index contributed by atoms with van der Waals surface area (Å²) in [4.78, 5) is 49.4. The molecule has 1 amide bonds. The number of aromatic carboxylic acids is 2. The molecule has 14 nitrogen and oxygen atoms in total. The average Bonchev–Trinajstić information content (AvgIpc) is 3.59. The van der Waals surface area contributed by atoms with Gasteiger partial charge in [-0.15, -0.1) is 0 Å². The summed E-state index contributed by atoms with van der Waals surface area (Å²) in [5, 5.41) is 21.3. The predicted molar refractivity (Wildman–Crippen MR) is 234 cm³/mol. The van der Waals surface area contributed by atoms with Crippen LogP contribution >= 0.6 is 11.3 Å². The van der Waals surface area contributed by atoms with E-state index in [1.807, 2.05) is 12.1 Å². The van der Waals surface area contributed by atoms with Crippen LogP contribution in [0.3, 0.4) is 0 Å². The third kappa shape index (κ3) is 12.7. The Labute approximate surface area is 357 Å². The van der Waals surface area contributed by atoms with E-state index >= 15 is 0 Å². The summed E-state index contributed by atoms with van der Waals surface area (Å²) in [6.45, 7) is 4.30. The zero-order valence-electron chi connectivity index (χ0n) is 33.2. The van der Waals surface area contributed by atoms with Crippen LogP contribution in [0.4, 0.5) is 16.5 Å². The van der Waals surface area contributed by atoms with Crippen molar-refractivity contribution in [2.45, 2.75) is 55.6 Å². The Bertz CT molecular complexity index is 2800. The van der Waals surface area contributed by atoms with Gasteiger partial charge < -0.3 is 15.5 Å². The van der Waals surface area contributed by atoms with E-state index in [0.29, 0.717) is 53.9 Å². The number of carboxylic acids is 2. The minimum atomic E-state index is -3.88. The minimum absolute atomic E-state index is 0.0250. The van der Waals surface area contributed by atoms with Gasteiger partial charge in [0.2, 0.25) is 5.91 Å². The van der Waals surface area contributed by atoms with Crippen LogP contribution < -0.4 is 14.8 Å². The van der Waals surface area contributed by atoms with Crippen LogP contribution in [0.5, 0.6) is 0 Å². The Morgan fingerprint density at radius 2 is 1.08 bits per heavy atom. The van der Waals surface area contributed by atoms with Crippen molar-refractivity contribution in [1.82, 2.24) is 4.98 Å². The fourth-order valence-corrected chi connectivity index (χ4v) is 9.71. The molecule has 1 aromatic heterocycles. The van der Waals surface area contributed by atoms with E-state index in [1.54, 1.807) is 91.9 Å². The number of hydrogen-bond acceptors (Lipinski definition) is 10. The summed E-state index contributed by atoms with van der Waals surface area (Å²) in [6, 6.07) is 33.3. The number of aryl methyl sites for hydroxylation is 5. The lowest BCUT2D eigenvalue weighted by Crippen LogP contribution is -2.13. The number of benzene rings is 5. The number of Topliss-reactive ketones (excluding diaryl/α,β-unsaturated/α-hetero) is 1. The first-order valence-electron chi connectivity index (χ1n) is 18.6. The molecule has 316 valence electrons. The van der Waals surface area contributed by atoms with E-state index in [9.17, 15) is 46.2 Å². The van der Waals surface area contributed by atoms with Gasteiger partial charge in [0.05, 0.1) is 21.7 Å². The van der Waals surface area contributed by atoms with Crippen molar-refractivity contribution < 1.29 is 46.2 Å². The van der Waals surface area contributed by atoms with Crippen molar-refractivity contribution in [2.24, 2.45) is 0 Å². The second-order valence-corrected chi connectivity index (χ2v) is 18.2. The van der Waals surface area contributed by atoms with Gasteiger partial charge in [0, 0.05) is 23.9 Å². The lowest BCUT2D eigenvalue weighted by atomic mass is 10.00. The first kappa shape index (κ1) is 45.4. The summed E-state index contributed by atoms with van der Waals surface area (Å²) < 4.78 is 56.0. The van der Waals surface area contributed by atoms with Crippen molar-refractivity contribution in [1.29, 1.82) is 0 Å². The lowest BCUT2D eigenvalue weighted by molar-refractivity contribution is -0.114. The molecule has 0 bridgehead atoms. The maximum absolute atomic E-state index is 12.8. The molecule has 0 saturated carbocycles.